The van der Waals surface area contributed by atoms with Crippen molar-refractivity contribution in [1.82, 2.24) is 19.6 Å². The van der Waals surface area contributed by atoms with Gasteiger partial charge in [-0.25, -0.2) is 9.50 Å². The van der Waals surface area contributed by atoms with Gasteiger partial charge < -0.3 is 5.32 Å². The Kier molecular flexibility index (Phi) is 2.50. The molecule has 0 amide bonds. The largest absolute Gasteiger partial charge is 0.325 e. The molecule has 0 saturated carbocycles. The summed E-state index contributed by atoms with van der Waals surface area (Å²) in [4.78, 5) is 8.91. The fourth-order valence-corrected chi connectivity index (χ4v) is 2.42. The van der Waals surface area contributed by atoms with E-state index in [2.05, 4.69) is 36.3 Å². The van der Waals surface area contributed by atoms with Crippen molar-refractivity contribution in [2.24, 2.45) is 0 Å². The first-order chi connectivity index (χ1) is 9.79. The van der Waals surface area contributed by atoms with Gasteiger partial charge in [0.1, 0.15) is 0 Å². The van der Waals surface area contributed by atoms with Crippen molar-refractivity contribution in [2.75, 3.05) is 5.32 Å². The molecule has 4 aromatic rings. The van der Waals surface area contributed by atoms with Gasteiger partial charge in [-0.1, -0.05) is 28.1 Å². The summed E-state index contributed by atoms with van der Waals surface area (Å²) in [6, 6.07) is 15.9. The summed E-state index contributed by atoms with van der Waals surface area (Å²) in [5.74, 6) is 1.33. The number of fused-ring (bicyclic) bond motifs is 3. The molecule has 0 aliphatic carbocycles. The number of nitrogens with one attached hydrogen (secondary N) is 2. The lowest BCUT2D eigenvalue weighted by atomic mass is 10.3. The van der Waals surface area contributed by atoms with E-state index in [0.29, 0.717) is 11.7 Å². The van der Waals surface area contributed by atoms with E-state index in [-0.39, 0.29) is 0 Å². The molecule has 0 atom stereocenters. The summed E-state index contributed by atoms with van der Waals surface area (Å²) < 4.78 is 2.92. The normalized spacial score (nSPS) is 11.2. The summed E-state index contributed by atoms with van der Waals surface area (Å²) in [7, 11) is 0. The highest BCUT2D eigenvalue weighted by molar-refractivity contribution is 9.10. The number of aromatic nitrogens is 4. The van der Waals surface area contributed by atoms with E-state index >= 15 is 0 Å². The lowest BCUT2D eigenvalue weighted by Gasteiger charge is -2.01. The summed E-state index contributed by atoms with van der Waals surface area (Å²) >= 11 is 3.41. The van der Waals surface area contributed by atoms with E-state index in [0.717, 1.165) is 21.2 Å². The molecule has 20 heavy (non-hydrogen) atoms. The van der Waals surface area contributed by atoms with Crippen LogP contribution in [0, 0.1) is 0 Å². The third-order valence-corrected chi connectivity index (χ3v) is 3.61. The molecule has 0 saturated heterocycles. The molecule has 0 bridgehead atoms. The Balaban J connectivity index is 1.75. The van der Waals surface area contributed by atoms with Gasteiger partial charge in [-0.15, -0.1) is 0 Å². The molecule has 2 heterocycles. The predicted octanol–water partition coefficient (Wildman–Crippen LogP) is 3.72. The van der Waals surface area contributed by atoms with Crippen LogP contribution in [0.1, 0.15) is 0 Å². The highest BCUT2D eigenvalue weighted by Gasteiger charge is 2.08. The maximum Gasteiger partial charge on any atom is 0.253 e. The number of hydrogen-bond acceptors (Lipinski definition) is 3. The number of imidazole rings is 1. The minimum absolute atomic E-state index is 0.658. The average Bonchev–Trinajstić information content (AvgIpc) is 2.98. The monoisotopic (exact) mass is 327 g/mol. The number of benzene rings is 2. The topological polar surface area (TPSA) is 58.0 Å². The smallest absolute Gasteiger partial charge is 0.253 e. The number of anilines is 2. The predicted molar refractivity (Wildman–Crippen MR) is 82.3 cm³/mol. The van der Waals surface area contributed by atoms with E-state index in [1.807, 2.05) is 53.0 Å². The fourth-order valence-electron chi connectivity index (χ4n) is 2.16. The molecule has 4 rings (SSSR count). The van der Waals surface area contributed by atoms with Crippen molar-refractivity contribution in [1.29, 1.82) is 0 Å². The Morgan fingerprint density at radius 1 is 1.00 bits per heavy atom. The van der Waals surface area contributed by atoms with Crippen molar-refractivity contribution in [3.05, 3.63) is 53.0 Å². The Morgan fingerprint density at radius 2 is 1.80 bits per heavy atom. The second-order valence-corrected chi connectivity index (χ2v) is 5.36. The summed E-state index contributed by atoms with van der Waals surface area (Å²) in [5, 5.41) is 6.42. The van der Waals surface area contributed by atoms with Crippen molar-refractivity contribution in [3.63, 3.8) is 0 Å². The van der Waals surface area contributed by atoms with E-state index in [9.17, 15) is 0 Å². The molecule has 98 valence electrons. The van der Waals surface area contributed by atoms with Gasteiger partial charge in [0.2, 0.25) is 5.95 Å². The highest BCUT2D eigenvalue weighted by Crippen LogP contribution is 2.19. The van der Waals surface area contributed by atoms with Crippen LogP contribution in [-0.4, -0.2) is 19.6 Å². The number of para-hydroxylation sites is 2. The Hall–Kier alpha value is -2.34. The summed E-state index contributed by atoms with van der Waals surface area (Å²) in [6.45, 7) is 0. The zero-order chi connectivity index (χ0) is 13.5. The Morgan fingerprint density at radius 3 is 2.65 bits per heavy atom. The molecule has 2 aromatic heterocycles. The highest BCUT2D eigenvalue weighted by atomic mass is 79.9. The first-order valence-electron chi connectivity index (χ1n) is 6.15. The number of aromatic amines is 1. The number of rotatable bonds is 2. The van der Waals surface area contributed by atoms with Crippen LogP contribution >= 0.6 is 15.9 Å². The lowest BCUT2D eigenvalue weighted by molar-refractivity contribution is 1.01. The molecule has 0 aliphatic heterocycles. The molecule has 6 heteroatoms. The molecule has 2 aromatic carbocycles. The molecule has 0 radical (unpaired) electrons. The van der Waals surface area contributed by atoms with Crippen LogP contribution in [0.5, 0.6) is 0 Å². The SMILES string of the molecule is Brc1ccc(Nc2nc3nc4ccccc4n3[nH]2)cc1. The van der Waals surface area contributed by atoms with Crippen LogP contribution in [0.3, 0.4) is 0 Å². The van der Waals surface area contributed by atoms with E-state index in [1.165, 1.54) is 0 Å². The maximum absolute atomic E-state index is 4.46. The molecule has 0 spiro atoms. The molecular weight excluding hydrogens is 318 g/mol. The van der Waals surface area contributed by atoms with Gasteiger partial charge >= 0.3 is 0 Å². The molecular formula is C14H10BrN5. The van der Waals surface area contributed by atoms with Gasteiger partial charge in [0.15, 0.2) is 0 Å². The second-order valence-electron chi connectivity index (χ2n) is 4.44. The quantitative estimate of drug-likeness (QED) is 0.590. The van der Waals surface area contributed by atoms with E-state index < -0.39 is 0 Å². The molecule has 0 aliphatic rings. The van der Waals surface area contributed by atoms with Gasteiger partial charge in [-0.2, -0.15) is 4.98 Å². The second kappa shape index (κ2) is 4.35. The number of halogens is 1. The first kappa shape index (κ1) is 11.5. The summed E-state index contributed by atoms with van der Waals surface area (Å²) in [5.41, 5.74) is 2.91. The zero-order valence-corrected chi connectivity index (χ0v) is 11.9. The van der Waals surface area contributed by atoms with Gasteiger partial charge in [-0.3, -0.25) is 5.10 Å². The van der Waals surface area contributed by atoms with Crippen LogP contribution in [0.15, 0.2) is 53.0 Å². The van der Waals surface area contributed by atoms with Crippen LogP contribution in [0.2, 0.25) is 0 Å². The van der Waals surface area contributed by atoms with Gasteiger partial charge in [-0.05, 0) is 36.4 Å². The number of H-pyrrole nitrogens is 1. The molecule has 2 N–H and O–H groups in total. The Bertz CT molecular complexity index is 891. The Labute approximate surface area is 122 Å². The van der Waals surface area contributed by atoms with E-state index in [1.54, 1.807) is 0 Å². The van der Waals surface area contributed by atoms with Crippen molar-refractivity contribution in [3.8, 4) is 0 Å². The van der Waals surface area contributed by atoms with Crippen molar-refractivity contribution < 1.29 is 0 Å². The standard InChI is InChI=1S/C14H10BrN5/c15-9-5-7-10(8-6-9)16-13-18-14-17-11-3-1-2-4-12(11)20(14)19-13/h1-8H,(H2,16,17,18,19). The van der Waals surface area contributed by atoms with Gasteiger partial charge in [0.05, 0.1) is 11.0 Å². The molecule has 0 fully saturated rings. The zero-order valence-electron chi connectivity index (χ0n) is 10.3. The van der Waals surface area contributed by atoms with Gasteiger partial charge in [0.25, 0.3) is 5.78 Å². The van der Waals surface area contributed by atoms with E-state index in [4.69, 9.17) is 0 Å². The lowest BCUT2D eigenvalue weighted by Crippen LogP contribution is -1.93. The van der Waals surface area contributed by atoms with Crippen molar-refractivity contribution in [2.45, 2.75) is 0 Å². The fraction of sp³-hybridized carbons (Fsp3) is 0. The van der Waals surface area contributed by atoms with Crippen LogP contribution in [0.4, 0.5) is 11.6 Å². The van der Waals surface area contributed by atoms with Crippen molar-refractivity contribution >= 4 is 44.4 Å². The third kappa shape index (κ3) is 1.85. The van der Waals surface area contributed by atoms with Crippen LogP contribution in [-0.2, 0) is 0 Å². The minimum atomic E-state index is 0.658. The minimum Gasteiger partial charge on any atom is -0.325 e. The maximum atomic E-state index is 4.46. The van der Waals surface area contributed by atoms with Crippen LogP contribution in [0.25, 0.3) is 16.8 Å². The average molecular weight is 328 g/mol. The molecule has 0 unspecified atom stereocenters. The molecule has 5 nitrogen and oxygen atoms in total. The number of hydrogen-bond donors (Lipinski definition) is 2. The van der Waals surface area contributed by atoms with Gasteiger partial charge in [0, 0.05) is 10.2 Å². The van der Waals surface area contributed by atoms with Crippen LogP contribution < -0.4 is 5.32 Å². The first-order valence-corrected chi connectivity index (χ1v) is 6.95. The summed E-state index contributed by atoms with van der Waals surface area (Å²) in [6.07, 6.45) is 0. The number of nitrogens with zero attached hydrogens (tertiary/aromatic N) is 3. The third-order valence-electron chi connectivity index (χ3n) is 3.08.